The molecule has 0 fully saturated rings. The highest BCUT2D eigenvalue weighted by molar-refractivity contribution is 7.48. The Kier molecular flexibility index (Phi) is 7.70. The second-order valence-corrected chi connectivity index (χ2v) is 10.3. The second-order valence-electron chi connectivity index (χ2n) is 8.45. The van der Waals surface area contributed by atoms with E-state index in [4.69, 9.17) is 13.6 Å². The largest absolute Gasteiger partial charge is 0.475 e. The summed E-state index contributed by atoms with van der Waals surface area (Å²) in [7, 11) is -2.28. The molecular weight excluding hydrogens is 517 g/mol. The fraction of sp³-hybridized carbons (Fsp3) is 0.240. The lowest BCUT2D eigenvalue weighted by Crippen LogP contribution is -2.48. The number of hydrogen-bond donors (Lipinski definition) is 0. The van der Waals surface area contributed by atoms with Gasteiger partial charge in [-0.2, -0.15) is 0 Å². The fourth-order valence-electron chi connectivity index (χ4n) is 4.63. The number of benzene rings is 3. The van der Waals surface area contributed by atoms with Crippen molar-refractivity contribution in [2.24, 2.45) is 0 Å². The van der Waals surface area contributed by atoms with Crippen LogP contribution in [-0.2, 0) is 35.1 Å². The number of nitro groups is 2. The predicted octanol–water partition coefficient (Wildman–Crippen LogP) is 4.81. The second kappa shape index (κ2) is 10.8. The Morgan fingerprint density at radius 2 is 1.53 bits per heavy atom. The van der Waals surface area contributed by atoms with E-state index in [0.717, 1.165) is 19.8 Å². The minimum Gasteiger partial charge on any atom is -0.305 e. The van der Waals surface area contributed by atoms with E-state index in [1.54, 1.807) is 24.3 Å². The Labute approximate surface area is 217 Å². The van der Waals surface area contributed by atoms with Crippen LogP contribution in [0.1, 0.15) is 22.6 Å². The van der Waals surface area contributed by atoms with E-state index >= 15 is 0 Å². The maximum absolute atomic E-state index is 14.4. The number of nitro benzene ring substituents is 1. The number of hydrogen-bond acceptors (Lipinski definition) is 9. The number of carbonyl (C=O) groups is 1. The average Bonchev–Trinajstić information content (AvgIpc) is 3.15. The van der Waals surface area contributed by atoms with Gasteiger partial charge < -0.3 is 4.90 Å². The summed E-state index contributed by atoms with van der Waals surface area (Å²) < 4.78 is 29.4. The molecule has 3 aromatic carbocycles. The SMILES string of the molecule is COP(=O)(OC)O[C@]1([C@H](C[N+](=O)[O-])c2ccc([N+](=O)[O-])cc2)C(=O)N(Cc2ccccc2)c2ccccc21. The zero-order valence-corrected chi connectivity index (χ0v) is 21.4. The molecule has 1 aliphatic heterocycles. The molecule has 0 aromatic heterocycles. The van der Waals surface area contributed by atoms with Crippen molar-refractivity contribution in [2.45, 2.75) is 18.1 Å². The van der Waals surface area contributed by atoms with Gasteiger partial charge in [-0.25, -0.2) is 4.57 Å². The van der Waals surface area contributed by atoms with E-state index in [9.17, 15) is 29.6 Å². The number of para-hydroxylation sites is 1. The van der Waals surface area contributed by atoms with Gasteiger partial charge in [-0.1, -0.05) is 60.7 Å². The standard InChI is InChI=1S/C25H24N3O9P/c1-35-38(34,36-2)37-25(22(17-27(30)31)19-12-14-20(15-13-19)28(32)33)21-10-6-7-11-23(21)26(24(25)29)16-18-8-4-3-5-9-18/h3-15,22H,16-17H2,1-2H3/t22-,25-/m1/s1. The van der Waals surface area contributed by atoms with Crippen LogP contribution in [0.4, 0.5) is 11.4 Å². The van der Waals surface area contributed by atoms with Crippen molar-refractivity contribution in [3.63, 3.8) is 0 Å². The highest BCUT2D eigenvalue weighted by Gasteiger charge is 2.62. The number of rotatable bonds is 11. The van der Waals surface area contributed by atoms with Crippen LogP contribution >= 0.6 is 7.82 Å². The molecule has 1 amide bonds. The molecule has 1 aliphatic rings. The lowest BCUT2D eigenvalue weighted by molar-refractivity contribution is -0.486. The molecule has 0 N–H and O–H groups in total. The number of nitrogens with zero attached hydrogens (tertiary/aromatic N) is 3. The van der Waals surface area contributed by atoms with Gasteiger partial charge >= 0.3 is 7.82 Å². The van der Waals surface area contributed by atoms with Crippen LogP contribution in [0.15, 0.2) is 78.9 Å². The molecule has 0 bridgehead atoms. The van der Waals surface area contributed by atoms with Crippen LogP contribution in [0, 0.1) is 20.2 Å². The summed E-state index contributed by atoms with van der Waals surface area (Å²) in [6.45, 7) is -0.734. The van der Waals surface area contributed by atoms with E-state index in [1.165, 1.54) is 29.2 Å². The van der Waals surface area contributed by atoms with Gasteiger partial charge in [0.15, 0.2) is 5.60 Å². The average molecular weight is 541 g/mol. The topological polar surface area (TPSA) is 151 Å². The predicted molar refractivity (Wildman–Crippen MR) is 136 cm³/mol. The Morgan fingerprint density at radius 3 is 2.11 bits per heavy atom. The number of non-ortho nitro benzene ring substituents is 1. The summed E-state index contributed by atoms with van der Waals surface area (Å²) in [5.74, 6) is -2.09. The van der Waals surface area contributed by atoms with Gasteiger partial charge in [0.25, 0.3) is 11.6 Å². The molecule has 2 atom stereocenters. The quantitative estimate of drug-likeness (QED) is 0.189. The minimum absolute atomic E-state index is 0.0948. The highest BCUT2D eigenvalue weighted by atomic mass is 31.2. The van der Waals surface area contributed by atoms with Crippen LogP contribution in [0.5, 0.6) is 0 Å². The molecule has 0 spiro atoms. The third kappa shape index (κ3) is 4.94. The van der Waals surface area contributed by atoms with E-state index in [-0.39, 0.29) is 23.4 Å². The summed E-state index contributed by atoms with van der Waals surface area (Å²) in [5, 5.41) is 23.2. The van der Waals surface area contributed by atoms with Gasteiger partial charge in [0.05, 0.1) is 23.1 Å². The van der Waals surface area contributed by atoms with Gasteiger partial charge in [0.2, 0.25) is 6.54 Å². The molecule has 0 unspecified atom stereocenters. The molecule has 3 aromatic rings. The maximum Gasteiger partial charge on any atom is 0.475 e. The first-order chi connectivity index (χ1) is 18.1. The Hall–Kier alpha value is -3.96. The molecular formula is C25H24N3O9P. The van der Waals surface area contributed by atoms with Crippen LogP contribution in [0.25, 0.3) is 0 Å². The first kappa shape index (κ1) is 27.1. The number of carbonyl (C=O) groups excluding carboxylic acids is 1. The van der Waals surface area contributed by atoms with Crippen molar-refractivity contribution < 1.29 is 32.8 Å². The molecule has 38 heavy (non-hydrogen) atoms. The van der Waals surface area contributed by atoms with Crippen molar-refractivity contribution in [1.29, 1.82) is 0 Å². The van der Waals surface area contributed by atoms with Gasteiger partial charge in [-0.15, -0.1) is 0 Å². The van der Waals surface area contributed by atoms with E-state index in [1.807, 2.05) is 30.3 Å². The van der Waals surface area contributed by atoms with E-state index < -0.39 is 41.6 Å². The first-order valence-electron chi connectivity index (χ1n) is 11.4. The fourth-order valence-corrected chi connectivity index (χ4v) is 5.59. The van der Waals surface area contributed by atoms with Gasteiger partial charge in [0, 0.05) is 36.8 Å². The van der Waals surface area contributed by atoms with Crippen molar-refractivity contribution in [2.75, 3.05) is 25.7 Å². The summed E-state index contributed by atoms with van der Waals surface area (Å²) >= 11 is 0. The summed E-state index contributed by atoms with van der Waals surface area (Å²) in [6.07, 6.45) is 0. The Morgan fingerprint density at radius 1 is 0.921 bits per heavy atom. The molecule has 1 heterocycles. The summed E-state index contributed by atoms with van der Waals surface area (Å²) in [5.41, 5.74) is -0.886. The first-order valence-corrected chi connectivity index (χ1v) is 12.8. The molecule has 12 nitrogen and oxygen atoms in total. The molecule has 0 radical (unpaired) electrons. The number of phosphoric ester groups is 1. The highest BCUT2D eigenvalue weighted by Crippen LogP contribution is 2.61. The van der Waals surface area contributed by atoms with Gasteiger partial charge in [-0.05, 0) is 17.2 Å². The molecule has 4 rings (SSSR count). The molecule has 0 aliphatic carbocycles. The monoisotopic (exact) mass is 541 g/mol. The number of fused-ring (bicyclic) bond motifs is 1. The smallest absolute Gasteiger partial charge is 0.305 e. The van der Waals surface area contributed by atoms with E-state index in [2.05, 4.69) is 0 Å². The van der Waals surface area contributed by atoms with Crippen LogP contribution in [-0.4, -0.2) is 36.5 Å². The lowest BCUT2D eigenvalue weighted by Gasteiger charge is -2.36. The minimum atomic E-state index is -4.42. The summed E-state index contributed by atoms with van der Waals surface area (Å²) in [6, 6.07) is 20.6. The van der Waals surface area contributed by atoms with Crippen LogP contribution in [0.3, 0.4) is 0 Å². The van der Waals surface area contributed by atoms with Crippen LogP contribution < -0.4 is 4.90 Å². The zero-order valence-electron chi connectivity index (χ0n) is 20.5. The zero-order chi connectivity index (χ0) is 27.5. The van der Waals surface area contributed by atoms with Crippen LogP contribution in [0.2, 0.25) is 0 Å². The maximum atomic E-state index is 14.4. The normalized spacial score (nSPS) is 17.7. The number of phosphoric acid groups is 1. The molecule has 0 saturated heterocycles. The molecule has 0 saturated carbocycles. The number of anilines is 1. The van der Waals surface area contributed by atoms with Crippen molar-refractivity contribution in [3.8, 4) is 0 Å². The molecule has 13 heteroatoms. The summed E-state index contributed by atoms with van der Waals surface area (Å²) in [4.78, 5) is 37.7. The third-order valence-corrected chi connectivity index (χ3v) is 7.78. The van der Waals surface area contributed by atoms with Crippen molar-refractivity contribution >= 4 is 25.1 Å². The lowest BCUT2D eigenvalue weighted by atomic mass is 9.78. The van der Waals surface area contributed by atoms with E-state index in [0.29, 0.717) is 5.69 Å². The molecule has 198 valence electrons. The Balaban J connectivity index is 1.97. The van der Waals surface area contributed by atoms with Crippen molar-refractivity contribution in [1.82, 2.24) is 0 Å². The van der Waals surface area contributed by atoms with Gasteiger partial charge in [0.1, 0.15) is 0 Å². The third-order valence-electron chi connectivity index (χ3n) is 6.37. The van der Waals surface area contributed by atoms with Gasteiger partial charge in [-0.3, -0.25) is 38.6 Å². The van der Waals surface area contributed by atoms with Crippen molar-refractivity contribution in [3.05, 3.63) is 116 Å². The Bertz CT molecular complexity index is 1390. The number of amides is 1.